The minimum Gasteiger partial charge on any atom is -0.508 e. The highest BCUT2D eigenvalue weighted by Gasteiger charge is 2.18. The van der Waals surface area contributed by atoms with E-state index in [4.69, 9.17) is 35.3 Å². The molecule has 0 radical (unpaired) electrons. The number of ether oxygens (including phenoxy) is 1. The smallest absolute Gasteiger partial charge is 0.508 e. The second-order valence-corrected chi connectivity index (χ2v) is 11.7. The number of nitrogens with zero attached hydrogens (tertiary/aromatic N) is 3. The van der Waals surface area contributed by atoms with Gasteiger partial charge in [-0.25, -0.2) is 14.5 Å². The number of phosphoric acid groups is 1. The zero-order valence-electron chi connectivity index (χ0n) is 30.3. The van der Waals surface area contributed by atoms with Gasteiger partial charge in [-0.15, -0.1) is 18.8 Å². The van der Waals surface area contributed by atoms with Crippen LogP contribution in [-0.4, -0.2) is 48.5 Å². The molecule has 50 heavy (non-hydrogen) atoms. The second kappa shape index (κ2) is 24.5. The molecule has 1 unspecified atom stereocenters. The first-order valence-corrected chi connectivity index (χ1v) is 18.1. The number of amides is 1. The number of carbonyl (C=O) groups excluding carboxylic acids is 1. The summed E-state index contributed by atoms with van der Waals surface area (Å²) in [6.07, 6.45) is 14.4. The molecule has 4 aromatic rings. The topological polar surface area (TPSA) is 196 Å². The zero-order valence-corrected chi connectivity index (χ0v) is 31.2. The number of imidazole rings is 1. The van der Waals surface area contributed by atoms with E-state index in [0.29, 0.717) is 11.7 Å². The van der Waals surface area contributed by atoms with Crippen LogP contribution in [0, 0.1) is 24.7 Å². The van der Waals surface area contributed by atoms with Crippen molar-refractivity contribution in [3.63, 3.8) is 0 Å². The molecular formula is C37H54N5O7P. The van der Waals surface area contributed by atoms with Gasteiger partial charge in [0.1, 0.15) is 22.8 Å². The van der Waals surface area contributed by atoms with Gasteiger partial charge < -0.3 is 30.4 Å². The average Bonchev–Trinajstić information content (AvgIpc) is 3.47. The maximum Gasteiger partial charge on any atom is 0.524 e. The van der Waals surface area contributed by atoms with Crippen molar-refractivity contribution in [3.05, 3.63) is 53.9 Å². The van der Waals surface area contributed by atoms with Gasteiger partial charge in [0.05, 0.1) is 11.0 Å². The molecule has 7 N–H and O–H groups in total. The summed E-state index contributed by atoms with van der Waals surface area (Å²) in [5.41, 5.74) is 14.9. The normalized spacial score (nSPS) is 10.7. The maximum atomic E-state index is 10.3. The predicted octanol–water partition coefficient (Wildman–Crippen LogP) is 7.08. The number of aryl methyl sites for hydroxylation is 2. The van der Waals surface area contributed by atoms with Crippen LogP contribution < -0.4 is 16.0 Å². The van der Waals surface area contributed by atoms with Gasteiger partial charge in [0, 0.05) is 31.6 Å². The number of phenols is 1. The summed E-state index contributed by atoms with van der Waals surface area (Å²) in [5, 5.41) is 9.94. The summed E-state index contributed by atoms with van der Waals surface area (Å²) in [4.78, 5) is 35.6. The molecule has 4 rings (SSSR count). The van der Waals surface area contributed by atoms with Crippen molar-refractivity contribution < 1.29 is 33.5 Å². The lowest BCUT2D eigenvalue weighted by Crippen LogP contribution is -2.05. The van der Waals surface area contributed by atoms with Gasteiger partial charge >= 0.3 is 7.82 Å². The zero-order chi connectivity index (χ0) is 38.3. The van der Waals surface area contributed by atoms with Crippen molar-refractivity contribution >= 4 is 41.5 Å². The third-order valence-electron chi connectivity index (χ3n) is 6.69. The van der Waals surface area contributed by atoms with E-state index in [1.165, 1.54) is 29.8 Å². The van der Waals surface area contributed by atoms with Gasteiger partial charge in [-0.3, -0.25) is 14.6 Å². The number of pyridine rings is 1. The van der Waals surface area contributed by atoms with Crippen LogP contribution in [0.3, 0.4) is 0 Å². The monoisotopic (exact) mass is 711 g/mol. The summed E-state index contributed by atoms with van der Waals surface area (Å²) >= 11 is 0. The molecule has 0 aliphatic rings. The minimum atomic E-state index is -4.48. The van der Waals surface area contributed by atoms with Gasteiger partial charge in [-0.2, -0.15) is 0 Å². The summed E-state index contributed by atoms with van der Waals surface area (Å²) in [5.74, 6) is 5.30. The number of nitrogen functional groups attached to an aromatic ring is 1. The second-order valence-electron chi connectivity index (χ2n) is 10.5. The highest BCUT2D eigenvalue weighted by Crippen LogP contribution is 2.37. The maximum absolute atomic E-state index is 10.3. The molecule has 0 aliphatic carbocycles. The first-order valence-electron chi connectivity index (χ1n) is 16.6. The third-order valence-corrected chi connectivity index (χ3v) is 7.14. The van der Waals surface area contributed by atoms with E-state index in [-0.39, 0.29) is 11.5 Å². The van der Waals surface area contributed by atoms with Gasteiger partial charge in [0.15, 0.2) is 5.82 Å². The van der Waals surface area contributed by atoms with Crippen LogP contribution in [0.4, 0.5) is 5.82 Å². The van der Waals surface area contributed by atoms with E-state index >= 15 is 0 Å². The van der Waals surface area contributed by atoms with Gasteiger partial charge in [0.2, 0.25) is 0 Å². The van der Waals surface area contributed by atoms with Crippen molar-refractivity contribution in [1.82, 2.24) is 14.5 Å². The molecular weight excluding hydrogens is 657 g/mol. The largest absolute Gasteiger partial charge is 0.524 e. The van der Waals surface area contributed by atoms with Gasteiger partial charge in [-0.1, -0.05) is 53.2 Å². The quantitative estimate of drug-likeness (QED) is 0.0575. The van der Waals surface area contributed by atoms with Crippen LogP contribution in [0.1, 0.15) is 91.5 Å². The molecule has 0 spiro atoms. The van der Waals surface area contributed by atoms with Crippen LogP contribution in [-0.2, 0) is 27.1 Å². The first-order chi connectivity index (χ1) is 23.8. The van der Waals surface area contributed by atoms with Crippen molar-refractivity contribution in [2.75, 3.05) is 18.9 Å². The molecule has 2 aromatic carbocycles. The fraction of sp³-hybridized carbons (Fsp3) is 0.432. The molecule has 0 saturated heterocycles. The van der Waals surface area contributed by atoms with Crippen LogP contribution in [0.5, 0.6) is 11.5 Å². The number of nitrogens with two attached hydrogens (primary N) is 2. The van der Waals surface area contributed by atoms with E-state index in [9.17, 15) is 9.36 Å². The minimum absolute atomic E-state index is 0.00746. The van der Waals surface area contributed by atoms with Crippen molar-refractivity contribution in [3.8, 4) is 36.2 Å². The number of anilines is 1. The number of rotatable bonds is 12. The number of carbonyl (C=O) groups is 1. The average molecular weight is 712 g/mol. The van der Waals surface area contributed by atoms with Gasteiger partial charge in [-0.05, 0) is 80.8 Å². The molecule has 2 heterocycles. The lowest BCUT2D eigenvalue weighted by Gasteiger charge is -2.14. The van der Waals surface area contributed by atoms with Crippen molar-refractivity contribution in [1.29, 1.82) is 0 Å². The van der Waals surface area contributed by atoms with E-state index in [1.54, 1.807) is 12.8 Å². The third kappa shape index (κ3) is 16.2. The van der Waals surface area contributed by atoms with E-state index in [0.717, 1.165) is 79.6 Å². The number of fused-ring (bicyclic) bond motifs is 3. The molecule has 0 bridgehead atoms. The Balaban J connectivity index is 0.000000898. The molecule has 274 valence electrons. The molecule has 13 heteroatoms. The van der Waals surface area contributed by atoms with Crippen molar-refractivity contribution in [2.24, 2.45) is 5.73 Å². The Labute approximate surface area is 296 Å². The number of benzene rings is 2. The molecule has 0 saturated carbocycles. The summed E-state index contributed by atoms with van der Waals surface area (Å²) in [6.45, 7) is 16.9. The molecule has 0 fully saturated rings. The number of primary amides is 1. The van der Waals surface area contributed by atoms with E-state index in [2.05, 4.69) is 79.5 Å². The molecule has 1 amide bonds. The Hall–Kier alpha value is -4.58. The standard InChI is InChI=1S/C23H34N4O.C6H7O5P.C3H3NO.C3H4.C2H6/c1-5-8-9-20-26-21-22(27(20)7-3)18-11-10-17(15-19(18)25-23(21)24)16(4)12-14-28-13-6-2;7-5-1-3-6(4-2-5)11-12(8,9)10;1-2-3(4)5;1-3-2;1-2/h10-11,15-16H,5-9,12-14H2,1-4H3,(H2,24,25);1-4,7H,(H2,8,9,10);1H,(H2,4,5);1H,2H3;1-2H3. The number of terminal acetylenes is 2. The van der Waals surface area contributed by atoms with Crippen LogP contribution in [0.25, 0.3) is 21.9 Å². The Kier molecular flexibility index (Phi) is 22.3. The Morgan fingerprint density at radius 3 is 2.14 bits per heavy atom. The number of hydrogen-bond donors (Lipinski definition) is 5. The number of phenolic OH excluding ortho intramolecular Hbond substituents is 1. The van der Waals surface area contributed by atoms with E-state index in [1.807, 2.05) is 13.8 Å². The number of aromatic nitrogens is 3. The summed E-state index contributed by atoms with van der Waals surface area (Å²) in [6, 6.07) is 11.7. The van der Waals surface area contributed by atoms with Crippen LogP contribution in [0.15, 0.2) is 42.5 Å². The molecule has 12 nitrogen and oxygen atoms in total. The van der Waals surface area contributed by atoms with Crippen LogP contribution >= 0.6 is 7.82 Å². The summed E-state index contributed by atoms with van der Waals surface area (Å²) < 4.78 is 22.5. The van der Waals surface area contributed by atoms with E-state index < -0.39 is 13.7 Å². The lowest BCUT2D eigenvalue weighted by atomic mass is 9.96. The lowest BCUT2D eigenvalue weighted by molar-refractivity contribution is -0.112. The number of hydrogen-bond acceptors (Lipinski definition) is 8. The number of unbranched alkanes of at least 4 members (excludes halogenated alkanes) is 1. The SMILES string of the molecule is C#CC.C#CC(N)=O.CC.CCCCc1nc2c(N)nc3cc(C(C)CCOCCC)ccc3c2n1CC.O=P(O)(O)Oc1ccc(O)cc1. The highest BCUT2D eigenvalue weighted by atomic mass is 31.2. The predicted molar refractivity (Wildman–Crippen MR) is 203 cm³/mol. The highest BCUT2D eigenvalue weighted by molar-refractivity contribution is 7.46. The Morgan fingerprint density at radius 2 is 1.64 bits per heavy atom. The first kappa shape index (κ1) is 45.4. The van der Waals surface area contributed by atoms with Crippen molar-refractivity contribution in [2.45, 2.75) is 93.0 Å². The van der Waals surface area contributed by atoms with Gasteiger partial charge in [0.25, 0.3) is 5.91 Å². The number of phosphoric ester groups is 1. The summed E-state index contributed by atoms with van der Waals surface area (Å²) in [7, 11) is -4.48. The Morgan fingerprint density at radius 1 is 1.04 bits per heavy atom. The molecule has 2 aromatic heterocycles. The van der Waals surface area contributed by atoms with Crippen LogP contribution in [0.2, 0.25) is 0 Å². The fourth-order valence-electron chi connectivity index (χ4n) is 4.47. The number of aromatic hydroxyl groups is 1. The molecule has 0 aliphatic heterocycles. The molecule has 1 atom stereocenters. The Bertz CT molecular complexity index is 1720. The fourth-order valence-corrected chi connectivity index (χ4v) is 4.86.